The molecule has 0 saturated heterocycles. The number of nitrogens with zero attached hydrogens (tertiary/aromatic N) is 9. The first-order chi connectivity index (χ1) is 37.3. The minimum absolute atomic E-state index is 0.0447. The number of fused-ring (bicyclic) bond motifs is 5. The van der Waals surface area contributed by atoms with Gasteiger partial charge in [0.2, 0.25) is 0 Å². The van der Waals surface area contributed by atoms with E-state index in [1.165, 1.54) is 42.5 Å². The summed E-state index contributed by atoms with van der Waals surface area (Å²) in [6, 6.07) is 23.1. The minimum Gasteiger partial charge on any atom is -0.505 e. The molecule has 9 rings (SSSR count). The van der Waals surface area contributed by atoms with Gasteiger partial charge in [0, 0.05) is 27.6 Å². The SMILES string of the molecule is Cc1cc(N=Nc2cc(C)c(N=Nc3c(S(=O)(=O)O)cc4cc(-n5nc6ccc7c(S(=O)(=O)O)cc(S(=O)(=O)O)cc7c6n5)ccc4c3O)cc2C)c(C)cc1N=Nc1ccc2c(OCCCS(=O)(=O)O)cc(S(=O)(=O)O)cc2c1. The molecule has 0 saturated carbocycles. The Labute approximate surface area is 454 Å². The van der Waals surface area contributed by atoms with Crippen LogP contribution in [0.3, 0.4) is 0 Å². The summed E-state index contributed by atoms with van der Waals surface area (Å²) < 4.78 is 175. The normalized spacial score (nSPS) is 13.1. The molecule has 0 unspecified atom stereocenters. The van der Waals surface area contributed by atoms with Crippen LogP contribution in [0.1, 0.15) is 28.7 Å². The van der Waals surface area contributed by atoms with Crippen molar-refractivity contribution in [2.45, 2.75) is 53.7 Å². The monoisotopic (exact) mass is 1190 g/mol. The van der Waals surface area contributed by atoms with Crippen LogP contribution in [0.2, 0.25) is 0 Å². The Morgan fingerprint density at radius 2 is 1.01 bits per heavy atom. The van der Waals surface area contributed by atoms with Crippen molar-refractivity contribution < 1.29 is 74.7 Å². The van der Waals surface area contributed by atoms with Gasteiger partial charge < -0.3 is 9.84 Å². The van der Waals surface area contributed by atoms with Crippen LogP contribution >= 0.6 is 0 Å². The molecule has 80 heavy (non-hydrogen) atoms. The van der Waals surface area contributed by atoms with Crippen molar-refractivity contribution in [3.63, 3.8) is 0 Å². The number of rotatable bonds is 16. The third kappa shape index (κ3) is 12.1. The maximum atomic E-state index is 12.8. The molecule has 0 aliphatic heterocycles. The zero-order valence-electron chi connectivity index (χ0n) is 41.7. The van der Waals surface area contributed by atoms with Crippen molar-refractivity contribution in [1.29, 1.82) is 0 Å². The number of azo groups is 3. The highest BCUT2D eigenvalue weighted by Crippen LogP contribution is 2.43. The van der Waals surface area contributed by atoms with Crippen LogP contribution in [0, 0.1) is 27.7 Å². The second-order valence-electron chi connectivity index (χ2n) is 18.1. The van der Waals surface area contributed by atoms with Gasteiger partial charge in [-0.15, -0.1) is 15.3 Å². The van der Waals surface area contributed by atoms with E-state index in [9.17, 15) is 65.4 Å². The van der Waals surface area contributed by atoms with Crippen molar-refractivity contribution in [1.82, 2.24) is 15.0 Å². The first kappa shape index (κ1) is 56.6. The summed E-state index contributed by atoms with van der Waals surface area (Å²) in [5, 5.41) is 46.7. The van der Waals surface area contributed by atoms with Gasteiger partial charge in [0.05, 0.1) is 56.3 Å². The molecule has 0 fully saturated rings. The standard InChI is InChI=1S/C49H41N9O17S5/c1-25-15-41(26(2)14-40(25)51-50-31-6-8-35-29(18-31)20-33(77(63,64)65)23-44(35)75-12-5-13-76(60,61)62)52-53-42-16-28(4)43(17-27(42)3)54-55-48-46(80(72,73)74)21-30-19-32(7-9-36(30)49(48)59)58-56-39-11-10-37-38(47(39)57-58)22-34(78(66,67)68)24-45(37)79(69,70)71/h6-11,14-24,59H,5,12-13H2,1-4H3,(H,60,61,62)(H,63,64,65)(H,66,67,68)(H,69,70,71)(H,72,73,74). The predicted molar refractivity (Wildman–Crippen MR) is 290 cm³/mol. The lowest BCUT2D eigenvalue weighted by Crippen LogP contribution is -2.09. The quantitative estimate of drug-likeness (QED) is 0.0297. The van der Waals surface area contributed by atoms with Crippen molar-refractivity contribution in [2.24, 2.45) is 30.7 Å². The summed E-state index contributed by atoms with van der Waals surface area (Å²) in [4.78, 5) is -1.91. The topological polar surface area (TPSA) is 406 Å². The molecule has 9 aromatic rings. The van der Waals surface area contributed by atoms with E-state index in [0.717, 1.165) is 23.0 Å². The van der Waals surface area contributed by atoms with Gasteiger partial charge in [-0.3, -0.25) is 22.8 Å². The summed E-state index contributed by atoms with van der Waals surface area (Å²) in [5.41, 5.74) is 3.96. The van der Waals surface area contributed by atoms with E-state index in [-0.39, 0.29) is 62.7 Å². The molecule has 0 amide bonds. The van der Waals surface area contributed by atoms with E-state index < -0.39 is 87.4 Å². The number of hydrogen-bond acceptors (Lipinski definition) is 20. The largest absolute Gasteiger partial charge is 0.505 e. The van der Waals surface area contributed by atoms with Crippen LogP contribution in [0.15, 0.2) is 153 Å². The van der Waals surface area contributed by atoms with Gasteiger partial charge in [-0.05, 0) is 158 Å². The summed E-state index contributed by atoms with van der Waals surface area (Å²) >= 11 is 0. The summed E-state index contributed by atoms with van der Waals surface area (Å²) in [6.07, 6.45) is -0.0897. The van der Waals surface area contributed by atoms with Gasteiger partial charge in [0.1, 0.15) is 32.3 Å². The molecule has 8 aromatic carbocycles. The fourth-order valence-corrected chi connectivity index (χ4v) is 11.4. The minimum atomic E-state index is -5.09. The number of benzene rings is 8. The first-order valence-electron chi connectivity index (χ1n) is 23.0. The smallest absolute Gasteiger partial charge is 0.296 e. The maximum absolute atomic E-state index is 12.8. The van der Waals surface area contributed by atoms with Gasteiger partial charge in [0.15, 0.2) is 5.75 Å². The van der Waals surface area contributed by atoms with Crippen molar-refractivity contribution in [3.05, 3.63) is 125 Å². The second kappa shape index (κ2) is 20.8. The Balaban J connectivity index is 0.954. The molecule has 1 aromatic heterocycles. The van der Waals surface area contributed by atoms with Gasteiger partial charge >= 0.3 is 0 Å². The van der Waals surface area contributed by atoms with Crippen LogP contribution in [0.25, 0.3) is 49.0 Å². The fourth-order valence-electron chi connectivity index (χ4n) is 8.36. The third-order valence-electron chi connectivity index (χ3n) is 12.3. The molecule has 6 N–H and O–H groups in total. The molecule has 26 nitrogen and oxygen atoms in total. The van der Waals surface area contributed by atoms with Crippen LogP contribution in [0.4, 0.5) is 34.1 Å². The average molecular weight is 1190 g/mol. The van der Waals surface area contributed by atoms with E-state index in [1.807, 2.05) is 0 Å². The molecule has 0 bridgehead atoms. The first-order valence-corrected chi connectivity index (χ1v) is 30.4. The third-order valence-corrected chi connectivity index (χ3v) is 16.6. The van der Waals surface area contributed by atoms with Crippen molar-refractivity contribution in [3.8, 4) is 17.2 Å². The lowest BCUT2D eigenvalue weighted by Gasteiger charge is -2.11. The van der Waals surface area contributed by atoms with Gasteiger partial charge in [-0.2, -0.15) is 72.5 Å². The van der Waals surface area contributed by atoms with Gasteiger partial charge in [-0.1, -0.05) is 6.07 Å². The highest BCUT2D eigenvalue weighted by atomic mass is 32.2. The number of hydrogen-bond donors (Lipinski definition) is 6. The molecule has 31 heteroatoms. The highest BCUT2D eigenvalue weighted by Gasteiger charge is 2.25. The summed E-state index contributed by atoms with van der Waals surface area (Å²) in [7, 11) is -24.0. The number of ether oxygens (including phenoxy) is 1. The van der Waals surface area contributed by atoms with Crippen molar-refractivity contribution >= 4 is 128 Å². The van der Waals surface area contributed by atoms with E-state index >= 15 is 0 Å². The van der Waals surface area contributed by atoms with E-state index in [2.05, 4.69) is 40.9 Å². The molecular weight excluding hydrogens is 1150 g/mol. The van der Waals surface area contributed by atoms with Crippen LogP contribution < -0.4 is 4.74 Å². The molecule has 414 valence electrons. The van der Waals surface area contributed by atoms with Crippen LogP contribution in [-0.2, 0) is 50.6 Å². The Bertz CT molecular complexity index is 4820. The number of phenols is 1. The predicted octanol–water partition coefficient (Wildman–Crippen LogP) is 10.7. The zero-order chi connectivity index (χ0) is 58.0. The molecule has 0 aliphatic rings. The Morgan fingerprint density at radius 3 is 1.57 bits per heavy atom. The molecule has 0 spiro atoms. The molecular formula is C49H41N9O17S5. The summed E-state index contributed by atoms with van der Waals surface area (Å²) in [5.74, 6) is -1.21. The van der Waals surface area contributed by atoms with Gasteiger partial charge in [-0.25, -0.2) is 0 Å². The Hall–Kier alpha value is -8.11. The number of aryl methyl sites for hydroxylation is 4. The highest BCUT2D eigenvalue weighted by molar-refractivity contribution is 7.87. The lowest BCUT2D eigenvalue weighted by molar-refractivity contribution is 0.319. The van der Waals surface area contributed by atoms with Crippen LogP contribution in [-0.4, -0.2) is 97.3 Å². The van der Waals surface area contributed by atoms with E-state index in [0.29, 0.717) is 61.8 Å². The number of aromatic hydroxyl groups is 1. The number of aromatic nitrogens is 3. The fraction of sp³-hybridized carbons (Fsp3) is 0.143. The average Bonchev–Trinajstić information content (AvgIpc) is 4.04. The molecule has 0 aliphatic carbocycles. The Morgan fingerprint density at radius 1 is 0.487 bits per heavy atom. The second-order valence-corrected chi connectivity index (χ2v) is 25.3. The molecule has 0 radical (unpaired) electrons. The van der Waals surface area contributed by atoms with E-state index in [4.69, 9.17) is 9.29 Å². The van der Waals surface area contributed by atoms with Crippen molar-refractivity contribution in [2.75, 3.05) is 12.4 Å². The van der Waals surface area contributed by atoms with E-state index in [1.54, 1.807) is 64.1 Å². The summed E-state index contributed by atoms with van der Waals surface area (Å²) in [6.45, 7) is 6.77. The maximum Gasteiger partial charge on any atom is 0.296 e. The van der Waals surface area contributed by atoms with Crippen LogP contribution in [0.5, 0.6) is 11.5 Å². The Kier molecular flexibility index (Phi) is 14.7. The number of phenolic OH excluding ortho intramolecular Hbond substituents is 1. The molecule has 1 heterocycles. The molecule has 0 atom stereocenters. The zero-order valence-corrected chi connectivity index (χ0v) is 45.8. The van der Waals surface area contributed by atoms with Gasteiger partial charge in [0.25, 0.3) is 50.6 Å². The lowest BCUT2D eigenvalue weighted by atomic mass is 10.1.